The lowest BCUT2D eigenvalue weighted by molar-refractivity contribution is 0.104. The van der Waals surface area contributed by atoms with E-state index in [0.29, 0.717) is 5.69 Å². The zero-order valence-corrected chi connectivity index (χ0v) is 11.5. The minimum absolute atomic E-state index is 0.0148. The van der Waals surface area contributed by atoms with Gasteiger partial charge in [0.1, 0.15) is 0 Å². The first-order chi connectivity index (χ1) is 9.08. The van der Waals surface area contributed by atoms with Crippen molar-refractivity contribution >= 4 is 5.78 Å². The molecule has 1 N–H and O–H groups in total. The number of nitrogens with one attached hydrogen (secondary N) is 1. The van der Waals surface area contributed by atoms with Gasteiger partial charge in [-0.05, 0) is 24.1 Å². The van der Waals surface area contributed by atoms with Crippen LogP contribution in [0.5, 0.6) is 0 Å². The predicted molar refractivity (Wildman–Crippen MR) is 78.1 cm³/mol. The maximum Gasteiger partial charge on any atom is 0.203 e. The Morgan fingerprint density at radius 2 is 1.89 bits per heavy atom. The minimum atomic E-state index is -0.0148. The van der Waals surface area contributed by atoms with Crippen LogP contribution in [0, 0.1) is 6.92 Å². The summed E-state index contributed by atoms with van der Waals surface area (Å²) in [6, 6.07) is 11.9. The van der Waals surface area contributed by atoms with Gasteiger partial charge in [-0.15, -0.1) is 0 Å². The summed E-state index contributed by atoms with van der Waals surface area (Å²) < 4.78 is 0. The molecule has 0 amide bonds. The minimum Gasteiger partial charge on any atom is -0.383 e. The second-order valence-electron chi connectivity index (χ2n) is 4.75. The van der Waals surface area contributed by atoms with Crippen molar-refractivity contribution in [3.63, 3.8) is 0 Å². The number of allylic oxidation sites excluding steroid dienone is 1. The summed E-state index contributed by atoms with van der Waals surface area (Å²) in [4.78, 5) is 17.0. The lowest BCUT2D eigenvalue weighted by Gasteiger charge is -2.02. The Morgan fingerprint density at radius 3 is 2.53 bits per heavy atom. The van der Waals surface area contributed by atoms with Crippen LogP contribution >= 0.6 is 0 Å². The summed E-state index contributed by atoms with van der Waals surface area (Å²) in [5.41, 5.74) is 3.79. The van der Waals surface area contributed by atoms with Crippen molar-refractivity contribution in [3.8, 4) is 11.3 Å². The number of carbonyl (C=O) groups is 1. The van der Waals surface area contributed by atoms with E-state index in [1.54, 1.807) is 12.3 Å². The number of H-pyrrole nitrogens is 1. The molecule has 0 unspecified atom stereocenters. The zero-order chi connectivity index (χ0) is 13.8. The van der Waals surface area contributed by atoms with Crippen LogP contribution in [0.15, 0.2) is 48.7 Å². The normalized spacial score (nSPS) is 10.9. The van der Waals surface area contributed by atoms with Crippen LogP contribution in [0.3, 0.4) is 0 Å². The number of nitrogens with zero attached hydrogens (tertiary/aromatic N) is 1. The Bertz CT molecular complexity index is 594. The summed E-state index contributed by atoms with van der Waals surface area (Å²) in [6.07, 6.45) is 3.32. The fraction of sp³-hybridized carbons (Fsp3) is 0.188. The second-order valence-corrected chi connectivity index (χ2v) is 4.75. The SMILES string of the molecule is Cc1cc(C(=O)/C=C/N(C)C)[nH]c1-c1ccccc1. The summed E-state index contributed by atoms with van der Waals surface area (Å²) in [7, 11) is 3.78. The van der Waals surface area contributed by atoms with Gasteiger partial charge in [-0.25, -0.2) is 0 Å². The number of aryl methyl sites for hydroxylation is 1. The molecule has 0 aliphatic carbocycles. The van der Waals surface area contributed by atoms with Gasteiger partial charge in [0.25, 0.3) is 0 Å². The summed E-state index contributed by atoms with van der Waals surface area (Å²) >= 11 is 0. The molecular formula is C16H18N2O. The van der Waals surface area contributed by atoms with Gasteiger partial charge in [0.05, 0.1) is 5.69 Å². The number of hydrogen-bond acceptors (Lipinski definition) is 2. The molecule has 0 aliphatic rings. The van der Waals surface area contributed by atoms with Crippen molar-refractivity contribution < 1.29 is 4.79 Å². The van der Waals surface area contributed by atoms with E-state index >= 15 is 0 Å². The van der Waals surface area contributed by atoms with Crippen LogP contribution in [0.1, 0.15) is 16.1 Å². The Labute approximate surface area is 113 Å². The molecule has 2 aromatic rings. The Balaban J connectivity index is 2.29. The maximum absolute atomic E-state index is 12.0. The monoisotopic (exact) mass is 254 g/mol. The molecule has 2 rings (SSSR count). The topological polar surface area (TPSA) is 36.1 Å². The van der Waals surface area contributed by atoms with Crippen molar-refractivity contribution in [1.82, 2.24) is 9.88 Å². The Morgan fingerprint density at radius 1 is 1.21 bits per heavy atom. The van der Waals surface area contributed by atoms with Crippen molar-refractivity contribution in [2.24, 2.45) is 0 Å². The van der Waals surface area contributed by atoms with Gasteiger partial charge in [-0.2, -0.15) is 0 Å². The predicted octanol–water partition coefficient (Wildman–Crippen LogP) is 3.25. The van der Waals surface area contributed by atoms with E-state index in [-0.39, 0.29) is 5.78 Å². The molecular weight excluding hydrogens is 236 g/mol. The van der Waals surface area contributed by atoms with Gasteiger partial charge in [0.15, 0.2) is 0 Å². The molecule has 0 bridgehead atoms. The fourth-order valence-electron chi connectivity index (χ4n) is 1.90. The van der Waals surface area contributed by atoms with Gasteiger partial charge in [0, 0.05) is 32.1 Å². The molecule has 19 heavy (non-hydrogen) atoms. The molecule has 0 fully saturated rings. The molecule has 0 spiro atoms. The highest BCUT2D eigenvalue weighted by Gasteiger charge is 2.10. The molecule has 0 radical (unpaired) electrons. The van der Waals surface area contributed by atoms with Gasteiger partial charge < -0.3 is 9.88 Å². The highest BCUT2D eigenvalue weighted by molar-refractivity contribution is 6.03. The highest BCUT2D eigenvalue weighted by atomic mass is 16.1. The third-order valence-corrected chi connectivity index (χ3v) is 2.87. The van der Waals surface area contributed by atoms with E-state index in [0.717, 1.165) is 16.8 Å². The van der Waals surface area contributed by atoms with Crippen molar-refractivity contribution in [2.45, 2.75) is 6.92 Å². The van der Waals surface area contributed by atoms with Gasteiger partial charge in [-0.1, -0.05) is 30.3 Å². The van der Waals surface area contributed by atoms with Crippen molar-refractivity contribution in [3.05, 3.63) is 59.9 Å². The van der Waals surface area contributed by atoms with Crippen LogP contribution in [0.2, 0.25) is 0 Å². The van der Waals surface area contributed by atoms with Crippen LogP contribution in [-0.4, -0.2) is 29.8 Å². The first-order valence-corrected chi connectivity index (χ1v) is 6.22. The van der Waals surface area contributed by atoms with Crippen LogP contribution in [0.25, 0.3) is 11.3 Å². The number of aromatic nitrogens is 1. The highest BCUT2D eigenvalue weighted by Crippen LogP contribution is 2.23. The van der Waals surface area contributed by atoms with Gasteiger partial charge in [-0.3, -0.25) is 4.79 Å². The smallest absolute Gasteiger partial charge is 0.203 e. The molecule has 3 heteroatoms. The first kappa shape index (κ1) is 13.1. The average Bonchev–Trinajstić information content (AvgIpc) is 2.79. The molecule has 0 atom stereocenters. The number of rotatable bonds is 4. The molecule has 98 valence electrons. The third kappa shape index (κ3) is 3.13. The third-order valence-electron chi connectivity index (χ3n) is 2.87. The van der Waals surface area contributed by atoms with Crippen LogP contribution in [-0.2, 0) is 0 Å². The van der Waals surface area contributed by atoms with E-state index in [1.807, 2.05) is 62.3 Å². The van der Waals surface area contributed by atoms with E-state index in [4.69, 9.17) is 0 Å². The number of benzene rings is 1. The summed E-state index contributed by atoms with van der Waals surface area (Å²) in [5, 5.41) is 0. The summed E-state index contributed by atoms with van der Waals surface area (Å²) in [5.74, 6) is -0.0148. The largest absolute Gasteiger partial charge is 0.383 e. The molecule has 1 aromatic heterocycles. The molecule has 1 aromatic carbocycles. The average molecular weight is 254 g/mol. The summed E-state index contributed by atoms with van der Waals surface area (Å²) in [6.45, 7) is 2.01. The fourth-order valence-corrected chi connectivity index (χ4v) is 1.90. The molecule has 0 saturated heterocycles. The van der Waals surface area contributed by atoms with Crippen molar-refractivity contribution in [1.29, 1.82) is 0 Å². The number of hydrogen-bond donors (Lipinski definition) is 1. The maximum atomic E-state index is 12.0. The van der Waals surface area contributed by atoms with Crippen LogP contribution in [0.4, 0.5) is 0 Å². The zero-order valence-electron chi connectivity index (χ0n) is 11.5. The van der Waals surface area contributed by atoms with Crippen molar-refractivity contribution in [2.75, 3.05) is 14.1 Å². The van der Waals surface area contributed by atoms with Gasteiger partial charge in [0.2, 0.25) is 5.78 Å². The number of aromatic amines is 1. The molecule has 0 aliphatic heterocycles. The number of carbonyl (C=O) groups excluding carboxylic acids is 1. The van der Waals surface area contributed by atoms with E-state index in [1.165, 1.54) is 0 Å². The molecule has 0 saturated carbocycles. The Kier molecular flexibility index (Phi) is 3.85. The van der Waals surface area contributed by atoms with E-state index in [2.05, 4.69) is 4.98 Å². The first-order valence-electron chi connectivity index (χ1n) is 6.22. The standard InChI is InChI=1S/C16H18N2O/c1-12-11-14(15(19)9-10-18(2)3)17-16(12)13-7-5-4-6-8-13/h4-11,17H,1-3H3/b10-9+. The van der Waals surface area contributed by atoms with Crippen LogP contribution < -0.4 is 0 Å². The molecule has 1 heterocycles. The lowest BCUT2D eigenvalue weighted by Crippen LogP contribution is -2.03. The number of ketones is 1. The molecule has 3 nitrogen and oxygen atoms in total. The van der Waals surface area contributed by atoms with Gasteiger partial charge >= 0.3 is 0 Å². The van der Waals surface area contributed by atoms with E-state index < -0.39 is 0 Å². The lowest BCUT2D eigenvalue weighted by atomic mass is 10.1. The quantitative estimate of drug-likeness (QED) is 0.671. The Hall–Kier alpha value is -2.29. The van der Waals surface area contributed by atoms with E-state index in [9.17, 15) is 4.79 Å². The second kappa shape index (κ2) is 5.57.